The van der Waals surface area contributed by atoms with Crippen LogP contribution in [0.25, 0.3) is 0 Å². The fourth-order valence-electron chi connectivity index (χ4n) is 3.36. The van der Waals surface area contributed by atoms with Crippen molar-refractivity contribution in [2.75, 3.05) is 0 Å². The SMILES string of the molecule is C[C@]12CCC=CC1=CC1=CC(=O)CC[C@H]1C2. The van der Waals surface area contributed by atoms with Crippen molar-refractivity contribution in [2.24, 2.45) is 11.3 Å². The average Bonchev–Trinajstić information content (AvgIpc) is 2.26. The van der Waals surface area contributed by atoms with Crippen molar-refractivity contribution >= 4 is 5.78 Å². The number of allylic oxidation sites excluding steroid dienone is 6. The minimum Gasteiger partial charge on any atom is -0.295 e. The minimum absolute atomic E-state index is 0.312. The van der Waals surface area contributed by atoms with Crippen LogP contribution in [0.3, 0.4) is 0 Å². The maximum absolute atomic E-state index is 11.4. The van der Waals surface area contributed by atoms with Crippen LogP contribution in [0.2, 0.25) is 0 Å². The van der Waals surface area contributed by atoms with Gasteiger partial charge in [0.2, 0.25) is 0 Å². The Balaban J connectivity index is 2.05. The zero-order valence-corrected chi connectivity index (χ0v) is 9.83. The number of fused-ring (bicyclic) bond motifs is 2. The first-order valence-corrected chi connectivity index (χ1v) is 6.30. The fourth-order valence-corrected chi connectivity index (χ4v) is 3.36. The number of hydrogen-bond donors (Lipinski definition) is 0. The molecular weight excluding hydrogens is 196 g/mol. The van der Waals surface area contributed by atoms with Crippen molar-refractivity contribution in [3.8, 4) is 0 Å². The smallest absolute Gasteiger partial charge is 0.155 e. The largest absolute Gasteiger partial charge is 0.295 e. The normalized spacial score (nSPS) is 37.3. The summed E-state index contributed by atoms with van der Waals surface area (Å²) in [4.78, 5) is 11.4. The lowest BCUT2D eigenvalue weighted by Gasteiger charge is -2.42. The highest BCUT2D eigenvalue weighted by atomic mass is 16.1. The van der Waals surface area contributed by atoms with Crippen LogP contribution in [-0.2, 0) is 4.79 Å². The van der Waals surface area contributed by atoms with E-state index in [1.165, 1.54) is 30.4 Å². The molecule has 0 saturated carbocycles. The van der Waals surface area contributed by atoms with Gasteiger partial charge in [-0.15, -0.1) is 0 Å². The molecule has 0 N–H and O–H groups in total. The summed E-state index contributed by atoms with van der Waals surface area (Å²) in [6.45, 7) is 2.38. The van der Waals surface area contributed by atoms with Crippen LogP contribution in [0.4, 0.5) is 0 Å². The van der Waals surface area contributed by atoms with Gasteiger partial charge < -0.3 is 0 Å². The van der Waals surface area contributed by atoms with Crippen molar-refractivity contribution < 1.29 is 4.79 Å². The Kier molecular flexibility index (Phi) is 2.17. The predicted octanol–water partition coefficient (Wildman–Crippen LogP) is 3.58. The van der Waals surface area contributed by atoms with E-state index in [9.17, 15) is 4.79 Å². The van der Waals surface area contributed by atoms with E-state index in [2.05, 4.69) is 25.2 Å². The van der Waals surface area contributed by atoms with E-state index in [0.29, 0.717) is 17.1 Å². The number of carbonyl (C=O) groups excluding carboxylic acids is 1. The number of rotatable bonds is 0. The average molecular weight is 214 g/mol. The van der Waals surface area contributed by atoms with Crippen molar-refractivity contribution in [1.29, 1.82) is 0 Å². The monoisotopic (exact) mass is 214 g/mol. The number of carbonyl (C=O) groups is 1. The topological polar surface area (TPSA) is 17.1 Å². The molecule has 0 aromatic rings. The van der Waals surface area contributed by atoms with Gasteiger partial charge in [-0.25, -0.2) is 0 Å². The van der Waals surface area contributed by atoms with E-state index in [4.69, 9.17) is 0 Å². The molecule has 0 spiro atoms. The molecule has 0 aromatic heterocycles. The van der Waals surface area contributed by atoms with E-state index in [1.807, 2.05) is 6.08 Å². The summed E-state index contributed by atoms with van der Waals surface area (Å²) in [6, 6.07) is 0. The van der Waals surface area contributed by atoms with Gasteiger partial charge >= 0.3 is 0 Å². The third-order valence-electron chi connectivity index (χ3n) is 4.41. The summed E-state index contributed by atoms with van der Waals surface area (Å²) in [7, 11) is 0. The molecule has 0 fully saturated rings. The van der Waals surface area contributed by atoms with Crippen LogP contribution in [-0.4, -0.2) is 5.78 Å². The molecule has 2 atom stereocenters. The zero-order valence-electron chi connectivity index (χ0n) is 9.83. The quantitative estimate of drug-likeness (QED) is 0.602. The van der Waals surface area contributed by atoms with Crippen molar-refractivity contribution in [3.63, 3.8) is 0 Å². The molecule has 3 aliphatic rings. The van der Waals surface area contributed by atoms with Gasteiger partial charge in [0.1, 0.15) is 0 Å². The molecule has 1 heteroatoms. The predicted molar refractivity (Wildman–Crippen MR) is 65.0 cm³/mol. The van der Waals surface area contributed by atoms with Gasteiger partial charge in [-0.3, -0.25) is 4.79 Å². The number of ketones is 1. The minimum atomic E-state index is 0.312. The summed E-state index contributed by atoms with van der Waals surface area (Å²) in [6.07, 6.45) is 14.2. The van der Waals surface area contributed by atoms with Crippen LogP contribution in [0.15, 0.2) is 35.5 Å². The second kappa shape index (κ2) is 3.44. The Morgan fingerprint density at radius 3 is 3.12 bits per heavy atom. The van der Waals surface area contributed by atoms with Crippen LogP contribution in [0, 0.1) is 11.3 Å². The molecule has 0 saturated heterocycles. The highest BCUT2D eigenvalue weighted by Gasteiger charge is 2.37. The Morgan fingerprint density at radius 2 is 2.25 bits per heavy atom. The molecule has 84 valence electrons. The first kappa shape index (κ1) is 10.1. The summed E-state index contributed by atoms with van der Waals surface area (Å²) >= 11 is 0. The van der Waals surface area contributed by atoms with Gasteiger partial charge in [0, 0.05) is 6.42 Å². The Labute approximate surface area is 96.9 Å². The van der Waals surface area contributed by atoms with E-state index in [0.717, 1.165) is 12.8 Å². The van der Waals surface area contributed by atoms with Gasteiger partial charge in [-0.2, -0.15) is 0 Å². The Hall–Kier alpha value is -1.11. The lowest BCUT2D eigenvalue weighted by molar-refractivity contribution is -0.115. The van der Waals surface area contributed by atoms with Gasteiger partial charge in [0.15, 0.2) is 5.78 Å². The second-order valence-corrected chi connectivity index (χ2v) is 5.65. The molecular formula is C15H18O. The lowest BCUT2D eigenvalue weighted by Crippen LogP contribution is -2.30. The fraction of sp³-hybridized carbons (Fsp3) is 0.533. The lowest BCUT2D eigenvalue weighted by atomic mass is 9.62. The van der Waals surface area contributed by atoms with Gasteiger partial charge in [-0.1, -0.05) is 25.2 Å². The van der Waals surface area contributed by atoms with E-state index in [1.54, 1.807) is 0 Å². The van der Waals surface area contributed by atoms with E-state index in [-0.39, 0.29) is 0 Å². The third kappa shape index (κ3) is 1.50. The molecule has 16 heavy (non-hydrogen) atoms. The molecule has 0 aliphatic heterocycles. The number of hydrogen-bond acceptors (Lipinski definition) is 1. The molecule has 0 amide bonds. The molecule has 0 bridgehead atoms. The van der Waals surface area contributed by atoms with Crippen molar-refractivity contribution in [3.05, 3.63) is 35.5 Å². The molecule has 0 radical (unpaired) electrons. The van der Waals surface area contributed by atoms with Crippen LogP contribution >= 0.6 is 0 Å². The van der Waals surface area contributed by atoms with Crippen molar-refractivity contribution in [1.82, 2.24) is 0 Å². The van der Waals surface area contributed by atoms with Crippen LogP contribution in [0.1, 0.15) is 39.0 Å². The van der Waals surface area contributed by atoms with Gasteiger partial charge in [0.25, 0.3) is 0 Å². The molecule has 3 aliphatic carbocycles. The first-order valence-electron chi connectivity index (χ1n) is 6.30. The summed E-state index contributed by atoms with van der Waals surface area (Å²) < 4.78 is 0. The molecule has 0 aromatic carbocycles. The highest BCUT2D eigenvalue weighted by molar-refractivity contribution is 5.92. The van der Waals surface area contributed by atoms with E-state index >= 15 is 0 Å². The molecule has 3 rings (SSSR count). The Bertz CT molecular complexity index is 425. The molecule has 0 heterocycles. The first-order chi connectivity index (χ1) is 7.67. The Morgan fingerprint density at radius 1 is 1.38 bits per heavy atom. The summed E-state index contributed by atoms with van der Waals surface area (Å²) in [5.74, 6) is 0.949. The second-order valence-electron chi connectivity index (χ2n) is 5.65. The highest BCUT2D eigenvalue weighted by Crippen LogP contribution is 2.49. The zero-order chi connectivity index (χ0) is 11.2. The van der Waals surface area contributed by atoms with Crippen LogP contribution in [0.5, 0.6) is 0 Å². The van der Waals surface area contributed by atoms with Gasteiger partial charge in [0.05, 0.1) is 0 Å². The molecule has 1 nitrogen and oxygen atoms in total. The third-order valence-corrected chi connectivity index (χ3v) is 4.41. The standard InChI is InChI=1S/C15H18O/c1-15-7-3-2-4-13(15)8-12-9-14(16)6-5-11(12)10-15/h2,4,8-9,11H,3,5-7,10H2,1H3/t11-,15+/m0/s1. The van der Waals surface area contributed by atoms with Crippen LogP contribution < -0.4 is 0 Å². The molecule has 0 unspecified atom stereocenters. The summed E-state index contributed by atoms with van der Waals surface area (Å²) in [5.41, 5.74) is 3.10. The maximum Gasteiger partial charge on any atom is 0.155 e. The summed E-state index contributed by atoms with van der Waals surface area (Å²) in [5, 5.41) is 0. The van der Waals surface area contributed by atoms with E-state index < -0.39 is 0 Å². The van der Waals surface area contributed by atoms with Gasteiger partial charge in [-0.05, 0) is 54.2 Å². The maximum atomic E-state index is 11.4. The van der Waals surface area contributed by atoms with Crippen molar-refractivity contribution in [2.45, 2.75) is 39.0 Å².